The van der Waals surface area contributed by atoms with Gasteiger partial charge in [-0.05, 0) is 118 Å². The van der Waals surface area contributed by atoms with Gasteiger partial charge in [0.2, 0.25) is 5.91 Å². The van der Waals surface area contributed by atoms with Crippen LogP contribution < -0.4 is 14.4 Å². The third-order valence-corrected chi connectivity index (χ3v) is 11.9. The van der Waals surface area contributed by atoms with E-state index in [1.54, 1.807) is 14.2 Å². The fraction of sp³-hybridized carbons (Fsp3) is 0.528. The molecule has 2 aromatic carbocycles. The lowest BCUT2D eigenvalue weighted by Crippen LogP contribution is -2.54. The van der Waals surface area contributed by atoms with E-state index in [0.29, 0.717) is 23.6 Å². The van der Waals surface area contributed by atoms with Crippen molar-refractivity contribution in [3.8, 4) is 21.4 Å². The zero-order chi connectivity index (χ0) is 30.9. The number of thiazole rings is 1. The SMILES string of the molecule is COC(=O)C12CCC(C(=O)N(C[C@H]3CC[C@H](c4ccc(OC)c(C)c4)CC3)c3cccc(-c4cnc(OC)s4)c3)(CC1)CC2. The number of fused-ring (bicyclic) bond motifs is 3. The molecule has 4 saturated carbocycles. The van der Waals surface area contributed by atoms with Gasteiger partial charge in [-0.3, -0.25) is 9.59 Å². The molecular weight excluding hydrogens is 572 g/mol. The van der Waals surface area contributed by atoms with E-state index in [1.165, 1.54) is 29.6 Å². The molecule has 1 amide bonds. The van der Waals surface area contributed by atoms with Crippen LogP contribution in [-0.4, -0.2) is 44.7 Å². The summed E-state index contributed by atoms with van der Waals surface area (Å²) < 4.78 is 16.0. The van der Waals surface area contributed by atoms with Crippen LogP contribution in [0.1, 0.15) is 81.3 Å². The summed E-state index contributed by atoms with van der Waals surface area (Å²) in [5, 5.41) is 0.625. The van der Waals surface area contributed by atoms with Crippen molar-refractivity contribution >= 4 is 28.9 Å². The molecule has 7 nitrogen and oxygen atoms in total. The molecule has 0 radical (unpaired) electrons. The maximum absolute atomic E-state index is 14.7. The van der Waals surface area contributed by atoms with Gasteiger partial charge in [0.25, 0.3) is 5.19 Å². The van der Waals surface area contributed by atoms with Crippen molar-refractivity contribution in [1.82, 2.24) is 4.98 Å². The Morgan fingerprint density at radius 1 is 0.909 bits per heavy atom. The zero-order valence-corrected chi connectivity index (χ0v) is 27.2. The number of esters is 1. The molecule has 234 valence electrons. The molecule has 3 aromatic rings. The number of hydrogen-bond acceptors (Lipinski definition) is 7. The highest BCUT2D eigenvalue weighted by atomic mass is 32.1. The third-order valence-electron chi connectivity index (χ3n) is 10.8. The molecule has 0 aliphatic heterocycles. The first-order valence-corrected chi connectivity index (χ1v) is 16.8. The number of methoxy groups -OCH3 is 3. The second-order valence-corrected chi connectivity index (χ2v) is 14.2. The molecule has 4 aliphatic rings. The van der Waals surface area contributed by atoms with E-state index in [4.69, 9.17) is 14.2 Å². The van der Waals surface area contributed by atoms with Crippen LogP contribution in [0.5, 0.6) is 10.9 Å². The van der Waals surface area contributed by atoms with E-state index in [9.17, 15) is 9.59 Å². The van der Waals surface area contributed by atoms with Crippen molar-refractivity contribution in [1.29, 1.82) is 0 Å². The van der Waals surface area contributed by atoms with Crippen LogP contribution in [0, 0.1) is 23.7 Å². The van der Waals surface area contributed by atoms with Crippen molar-refractivity contribution in [2.75, 3.05) is 32.8 Å². The van der Waals surface area contributed by atoms with E-state index in [-0.39, 0.29) is 11.9 Å². The van der Waals surface area contributed by atoms with Crippen molar-refractivity contribution in [2.24, 2.45) is 16.7 Å². The van der Waals surface area contributed by atoms with Crippen LogP contribution in [0.3, 0.4) is 0 Å². The second-order valence-electron chi connectivity index (χ2n) is 13.2. The fourth-order valence-corrected chi connectivity index (χ4v) is 8.75. The largest absolute Gasteiger partial charge is 0.496 e. The number of benzene rings is 2. The Kier molecular flexibility index (Phi) is 8.73. The van der Waals surface area contributed by atoms with Crippen LogP contribution in [0.2, 0.25) is 0 Å². The quantitative estimate of drug-likeness (QED) is 0.227. The van der Waals surface area contributed by atoms with E-state index >= 15 is 0 Å². The van der Waals surface area contributed by atoms with Crippen LogP contribution in [-0.2, 0) is 14.3 Å². The number of carbonyl (C=O) groups is 2. The van der Waals surface area contributed by atoms with E-state index in [1.807, 2.05) is 12.3 Å². The van der Waals surface area contributed by atoms with Gasteiger partial charge in [-0.15, -0.1) is 0 Å². The number of rotatable bonds is 9. The summed E-state index contributed by atoms with van der Waals surface area (Å²) in [5.74, 6) is 2.02. The summed E-state index contributed by atoms with van der Waals surface area (Å²) in [6.45, 7) is 2.83. The third kappa shape index (κ3) is 5.73. The number of hydrogen-bond donors (Lipinski definition) is 0. The van der Waals surface area contributed by atoms with Crippen LogP contribution in [0.25, 0.3) is 10.4 Å². The number of ether oxygens (including phenoxy) is 3. The van der Waals surface area contributed by atoms with Gasteiger partial charge in [0.15, 0.2) is 0 Å². The normalized spacial score (nSPS) is 26.2. The first kappa shape index (κ1) is 30.6. The molecule has 0 spiro atoms. The Labute approximate surface area is 264 Å². The molecule has 8 heteroatoms. The van der Waals surface area contributed by atoms with Gasteiger partial charge in [0.05, 0.1) is 31.6 Å². The predicted octanol–water partition coefficient (Wildman–Crippen LogP) is 7.96. The average molecular weight is 617 g/mol. The summed E-state index contributed by atoms with van der Waals surface area (Å²) >= 11 is 1.51. The monoisotopic (exact) mass is 616 g/mol. The molecule has 4 fully saturated rings. The number of nitrogens with zero attached hydrogens (tertiary/aromatic N) is 2. The lowest BCUT2D eigenvalue weighted by Gasteiger charge is -2.52. The number of carbonyl (C=O) groups excluding carboxylic acids is 2. The van der Waals surface area contributed by atoms with Gasteiger partial charge < -0.3 is 19.1 Å². The predicted molar refractivity (Wildman–Crippen MR) is 173 cm³/mol. The molecule has 1 aromatic heterocycles. The minimum atomic E-state index is -0.419. The average Bonchev–Trinajstić information content (AvgIpc) is 3.57. The van der Waals surface area contributed by atoms with Crippen molar-refractivity contribution in [2.45, 2.75) is 77.0 Å². The van der Waals surface area contributed by atoms with Gasteiger partial charge >= 0.3 is 5.97 Å². The first-order valence-electron chi connectivity index (χ1n) is 15.9. The molecule has 2 bridgehead atoms. The molecular formula is C36H44N2O5S. The summed E-state index contributed by atoms with van der Waals surface area (Å²) in [7, 11) is 4.84. The van der Waals surface area contributed by atoms with Gasteiger partial charge in [-0.2, -0.15) is 0 Å². The molecule has 44 heavy (non-hydrogen) atoms. The Balaban J connectivity index is 1.24. The Hall–Kier alpha value is -3.39. The van der Waals surface area contributed by atoms with Crippen LogP contribution in [0.4, 0.5) is 5.69 Å². The molecule has 0 unspecified atom stereocenters. The highest BCUT2D eigenvalue weighted by Gasteiger charge is 2.57. The summed E-state index contributed by atoms with van der Waals surface area (Å²) in [6.07, 6.45) is 10.7. The Morgan fingerprint density at radius 3 is 2.23 bits per heavy atom. The van der Waals surface area contributed by atoms with Gasteiger partial charge in [-0.1, -0.05) is 35.6 Å². The minimum Gasteiger partial charge on any atom is -0.496 e. The van der Waals surface area contributed by atoms with E-state index in [0.717, 1.165) is 86.1 Å². The standard InChI is InChI=1S/C36H44N2O5S/c1-24-20-27(12-13-30(24)41-2)26-10-8-25(9-11-26)23-38(29-7-5-6-28(21-29)31-22-37-34(43-4)44-31)32(39)35-14-17-36(18-15-35,19-16-35)33(40)42-3/h5-7,12-13,20-22,25-26H,8-11,14-19,23H2,1-4H3/t25-,26-,35?,36?. The maximum Gasteiger partial charge on any atom is 0.311 e. The topological polar surface area (TPSA) is 78.0 Å². The zero-order valence-electron chi connectivity index (χ0n) is 26.4. The van der Waals surface area contributed by atoms with Crippen molar-refractivity contribution in [3.05, 3.63) is 59.8 Å². The summed E-state index contributed by atoms with van der Waals surface area (Å²) in [5.41, 5.74) is 3.71. The molecule has 1 heterocycles. The Morgan fingerprint density at radius 2 is 1.61 bits per heavy atom. The van der Waals surface area contributed by atoms with Crippen molar-refractivity contribution < 1.29 is 23.8 Å². The highest BCUT2D eigenvalue weighted by Crippen LogP contribution is 2.58. The van der Waals surface area contributed by atoms with E-state index in [2.05, 4.69) is 53.2 Å². The number of amides is 1. The van der Waals surface area contributed by atoms with Gasteiger partial charge in [-0.25, -0.2) is 4.98 Å². The first-order chi connectivity index (χ1) is 21.3. The maximum atomic E-state index is 14.7. The lowest BCUT2D eigenvalue weighted by molar-refractivity contribution is -0.165. The second kappa shape index (κ2) is 12.5. The molecule has 0 saturated heterocycles. The molecule has 0 atom stereocenters. The molecule has 7 rings (SSSR count). The number of aromatic nitrogens is 1. The lowest BCUT2D eigenvalue weighted by atomic mass is 9.53. The van der Waals surface area contributed by atoms with Gasteiger partial charge in [0, 0.05) is 23.8 Å². The van der Waals surface area contributed by atoms with E-state index < -0.39 is 10.8 Å². The van der Waals surface area contributed by atoms with Crippen LogP contribution >= 0.6 is 11.3 Å². The smallest absolute Gasteiger partial charge is 0.311 e. The minimum absolute atomic E-state index is 0.105. The summed E-state index contributed by atoms with van der Waals surface area (Å²) in [4.78, 5) is 34.9. The highest BCUT2D eigenvalue weighted by molar-refractivity contribution is 7.16. The van der Waals surface area contributed by atoms with Gasteiger partial charge in [0.1, 0.15) is 5.75 Å². The number of aryl methyl sites for hydroxylation is 1. The number of anilines is 1. The fourth-order valence-electron chi connectivity index (χ4n) is 8.03. The van der Waals surface area contributed by atoms with Crippen LogP contribution in [0.15, 0.2) is 48.7 Å². The van der Waals surface area contributed by atoms with Crippen molar-refractivity contribution in [3.63, 3.8) is 0 Å². The molecule has 0 N–H and O–H groups in total. The Bertz CT molecular complexity index is 1480. The molecule has 4 aliphatic carbocycles. The summed E-state index contributed by atoms with van der Waals surface area (Å²) in [6, 6.07) is 14.9.